The minimum absolute atomic E-state index is 0.0560. The molecule has 22 heavy (non-hydrogen) atoms. The van der Waals surface area contributed by atoms with Gasteiger partial charge in [0.1, 0.15) is 5.71 Å². The lowest BCUT2D eigenvalue weighted by Gasteiger charge is -2.41. The van der Waals surface area contributed by atoms with Crippen molar-refractivity contribution in [1.82, 2.24) is 10.3 Å². The zero-order chi connectivity index (χ0) is 15.5. The maximum absolute atomic E-state index is 12.5. The highest BCUT2D eigenvalue weighted by atomic mass is 16.2. The van der Waals surface area contributed by atoms with Crippen molar-refractivity contribution in [3.05, 3.63) is 30.3 Å². The molecule has 2 aliphatic heterocycles. The quantitative estimate of drug-likeness (QED) is 0.886. The van der Waals surface area contributed by atoms with Gasteiger partial charge in [-0.15, -0.1) is 0 Å². The molecule has 6 nitrogen and oxygen atoms in total. The Morgan fingerprint density at radius 2 is 2.00 bits per heavy atom. The van der Waals surface area contributed by atoms with E-state index in [1.165, 1.54) is 5.69 Å². The third kappa shape index (κ3) is 2.95. The Hall–Kier alpha value is -2.37. The van der Waals surface area contributed by atoms with Crippen LogP contribution in [0, 0.1) is 0 Å². The molecule has 0 aliphatic carbocycles. The molecule has 6 heteroatoms. The number of hydrogen-bond acceptors (Lipinski definition) is 4. The van der Waals surface area contributed by atoms with Gasteiger partial charge >= 0.3 is 0 Å². The first-order valence-corrected chi connectivity index (χ1v) is 7.61. The summed E-state index contributed by atoms with van der Waals surface area (Å²) in [6.45, 7) is 4.26. The molecular formula is C16H20N4O2. The number of amides is 2. The van der Waals surface area contributed by atoms with Gasteiger partial charge in [0.05, 0.1) is 0 Å². The van der Waals surface area contributed by atoms with Crippen LogP contribution >= 0.6 is 0 Å². The third-order valence-electron chi connectivity index (χ3n) is 4.15. The molecule has 1 aromatic carbocycles. The largest absolute Gasteiger partial charge is 0.365 e. The second-order valence-electron chi connectivity index (χ2n) is 5.72. The molecule has 0 aromatic heterocycles. The van der Waals surface area contributed by atoms with Gasteiger partial charge in [-0.2, -0.15) is 5.10 Å². The van der Waals surface area contributed by atoms with Crippen molar-refractivity contribution in [3.63, 3.8) is 0 Å². The lowest BCUT2D eigenvalue weighted by atomic mass is 10.1. The highest BCUT2D eigenvalue weighted by Gasteiger charge is 2.30. The van der Waals surface area contributed by atoms with E-state index >= 15 is 0 Å². The first-order chi connectivity index (χ1) is 10.6. The number of para-hydroxylation sites is 1. The van der Waals surface area contributed by atoms with Crippen LogP contribution in [-0.2, 0) is 9.59 Å². The van der Waals surface area contributed by atoms with Gasteiger partial charge in [-0.05, 0) is 19.1 Å². The monoisotopic (exact) mass is 300 g/mol. The highest BCUT2D eigenvalue weighted by Crippen LogP contribution is 2.20. The molecule has 1 N–H and O–H groups in total. The van der Waals surface area contributed by atoms with Crippen molar-refractivity contribution < 1.29 is 9.59 Å². The fraction of sp³-hybridized carbons (Fsp3) is 0.438. The smallest absolute Gasteiger partial charge is 0.270 e. The molecule has 2 heterocycles. The molecule has 116 valence electrons. The molecular weight excluding hydrogens is 280 g/mol. The van der Waals surface area contributed by atoms with Crippen LogP contribution in [0.4, 0.5) is 5.69 Å². The van der Waals surface area contributed by atoms with Crippen molar-refractivity contribution in [3.8, 4) is 0 Å². The molecule has 1 unspecified atom stereocenters. The molecule has 2 amide bonds. The van der Waals surface area contributed by atoms with E-state index in [1.807, 2.05) is 23.1 Å². The Labute approximate surface area is 129 Å². The summed E-state index contributed by atoms with van der Waals surface area (Å²) in [5.41, 5.74) is 4.03. The third-order valence-corrected chi connectivity index (χ3v) is 4.15. The zero-order valence-corrected chi connectivity index (χ0v) is 12.7. The summed E-state index contributed by atoms with van der Waals surface area (Å²) in [4.78, 5) is 27.7. The van der Waals surface area contributed by atoms with Gasteiger partial charge in [-0.1, -0.05) is 18.2 Å². The average molecular weight is 300 g/mol. The minimum Gasteiger partial charge on any atom is -0.365 e. The van der Waals surface area contributed by atoms with Crippen molar-refractivity contribution >= 4 is 23.2 Å². The Bertz CT molecular complexity index is 599. The SMILES string of the molecule is CC1CN(C(=O)C2=NNC(=O)CC2)CCN1c1ccccc1. The Balaban J connectivity index is 1.65. The number of nitrogens with zero attached hydrogens (tertiary/aromatic N) is 3. The summed E-state index contributed by atoms with van der Waals surface area (Å²) >= 11 is 0. The second kappa shape index (κ2) is 6.17. The van der Waals surface area contributed by atoms with Crippen LogP contribution in [0.25, 0.3) is 0 Å². The van der Waals surface area contributed by atoms with Crippen LogP contribution in [0.5, 0.6) is 0 Å². The summed E-state index contributed by atoms with van der Waals surface area (Å²) in [6.07, 6.45) is 0.766. The standard InChI is InChI=1S/C16H20N4O2/c1-12-11-19(16(22)14-7-8-15(21)18-17-14)9-10-20(12)13-5-3-2-4-6-13/h2-6,12H,7-11H2,1H3,(H,18,21). The number of hydrogen-bond donors (Lipinski definition) is 1. The van der Waals surface area contributed by atoms with Gasteiger partial charge < -0.3 is 9.80 Å². The lowest BCUT2D eigenvalue weighted by Crippen LogP contribution is -2.55. The van der Waals surface area contributed by atoms with Gasteiger partial charge in [0.15, 0.2) is 0 Å². The molecule has 1 atom stereocenters. The molecule has 0 bridgehead atoms. The van der Waals surface area contributed by atoms with Crippen molar-refractivity contribution in [2.75, 3.05) is 24.5 Å². The van der Waals surface area contributed by atoms with Gasteiger partial charge in [0.2, 0.25) is 5.91 Å². The van der Waals surface area contributed by atoms with Crippen LogP contribution in [0.3, 0.4) is 0 Å². The fourth-order valence-electron chi connectivity index (χ4n) is 2.96. The Kier molecular flexibility index (Phi) is 4.09. The van der Waals surface area contributed by atoms with Crippen LogP contribution in [0.1, 0.15) is 19.8 Å². The van der Waals surface area contributed by atoms with E-state index in [0.717, 1.165) is 6.54 Å². The predicted octanol–water partition coefficient (Wildman–Crippen LogP) is 0.990. The second-order valence-corrected chi connectivity index (χ2v) is 5.72. The Morgan fingerprint density at radius 1 is 1.23 bits per heavy atom. The number of carbonyl (C=O) groups is 2. The summed E-state index contributed by atoms with van der Waals surface area (Å²) in [5.74, 6) is -0.182. The number of piperazine rings is 1. The average Bonchev–Trinajstić information content (AvgIpc) is 2.55. The maximum Gasteiger partial charge on any atom is 0.270 e. The van der Waals surface area contributed by atoms with Crippen molar-refractivity contribution in [1.29, 1.82) is 0 Å². The predicted molar refractivity (Wildman–Crippen MR) is 84.6 cm³/mol. The van der Waals surface area contributed by atoms with E-state index in [2.05, 4.69) is 34.5 Å². The fourth-order valence-corrected chi connectivity index (χ4v) is 2.96. The zero-order valence-electron chi connectivity index (χ0n) is 12.7. The van der Waals surface area contributed by atoms with Crippen molar-refractivity contribution in [2.24, 2.45) is 5.10 Å². The first-order valence-electron chi connectivity index (χ1n) is 7.61. The van der Waals surface area contributed by atoms with E-state index in [0.29, 0.717) is 31.6 Å². The number of benzene rings is 1. The van der Waals surface area contributed by atoms with Crippen LogP contribution in [0.2, 0.25) is 0 Å². The summed E-state index contributed by atoms with van der Waals surface area (Å²) in [5, 5.41) is 3.90. The number of rotatable bonds is 2. The maximum atomic E-state index is 12.5. The van der Waals surface area contributed by atoms with E-state index < -0.39 is 0 Å². The summed E-state index contributed by atoms with van der Waals surface area (Å²) in [7, 11) is 0. The van der Waals surface area contributed by atoms with E-state index in [1.54, 1.807) is 0 Å². The molecule has 2 aliphatic rings. The van der Waals surface area contributed by atoms with Crippen LogP contribution in [-0.4, -0.2) is 48.1 Å². The molecule has 0 saturated carbocycles. The van der Waals surface area contributed by atoms with E-state index in [4.69, 9.17) is 0 Å². The number of carbonyl (C=O) groups excluding carboxylic acids is 2. The van der Waals surface area contributed by atoms with E-state index in [-0.39, 0.29) is 17.9 Å². The molecule has 1 saturated heterocycles. The number of anilines is 1. The Morgan fingerprint density at radius 3 is 2.64 bits per heavy atom. The van der Waals surface area contributed by atoms with Gasteiger partial charge in [-0.25, -0.2) is 5.43 Å². The summed E-state index contributed by atoms with van der Waals surface area (Å²) < 4.78 is 0. The molecule has 1 fully saturated rings. The van der Waals surface area contributed by atoms with Crippen LogP contribution < -0.4 is 10.3 Å². The lowest BCUT2D eigenvalue weighted by molar-refractivity contribution is -0.125. The molecule has 3 rings (SSSR count). The van der Waals surface area contributed by atoms with Gasteiger partial charge in [0, 0.05) is 44.2 Å². The topological polar surface area (TPSA) is 65.0 Å². The van der Waals surface area contributed by atoms with Gasteiger partial charge in [-0.3, -0.25) is 9.59 Å². The van der Waals surface area contributed by atoms with Crippen molar-refractivity contribution in [2.45, 2.75) is 25.8 Å². The molecule has 0 spiro atoms. The molecule has 1 aromatic rings. The highest BCUT2D eigenvalue weighted by molar-refractivity contribution is 6.39. The van der Waals surface area contributed by atoms with Gasteiger partial charge in [0.25, 0.3) is 5.91 Å². The minimum atomic E-state index is -0.126. The number of hydrazone groups is 1. The van der Waals surface area contributed by atoms with E-state index in [9.17, 15) is 9.59 Å². The van der Waals surface area contributed by atoms with Crippen LogP contribution in [0.15, 0.2) is 35.4 Å². The normalized spacial score (nSPS) is 22.1. The number of nitrogens with one attached hydrogen (secondary N) is 1. The summed E-state index contributed by atoms with van der Waals surface area (Å²) in [6, 6.07) is 10.5. The first kappa shape index (κ1) is 14.6. The molecule has 0 radical (unpaired) electrons.